The number of carbonyl (C=O) groups excluding carboxylic acids is 3. The van der Waals surface area contributed by atoms with Crippen molar-refractivity contribution in [2.24, 2.45) is 5.73 Å². The lowest BCUT2D eigenvalue weighted by Gasteiger charge is -2.15. The number of carbonyl (C=O) groups is 3. The summed E-state index contributed by atoms with van der Waals surface area (Å²) >= 11 is 0. The molecule has 0 aliphatic rings. The van der Waals surface area contributed by atoms with E-state index in [4.69, 9.17) is 15.2 Å². The Morgan fingerprint density at radius 3 is 2.23 bits per heavy atom. The van der Waals surface area contributed by atoms with Crippen LogP contribution in [0.1, 0.15) is 17.3 Å². The normalized spacial score (nSPS) is 11.3. The van der Waals surface area contributed by atoms with Gasteiger partial charge in [0.25, 0.3) is 5.91 Å². The molecule has 0 bridgehead atoms. The van der Waals surface area contributed by atoms with Crippen molar-refractivity contribution < 1.29 is 23.9 Å². The molecule has 0 heterocycles. The van der Waals surface area contributed by atoms with Crippen molar-refractivity contribution in [3.8, 4) is 16.9 Å². The minimum atomic E-state index is -1.03. The minimum absolute atomic E-state index is 0.324. The highest BCUT2D eigenvalue weighted by atomic mass is 16.6. The van der Waals surface area contributed by atoms with E-state index in [0.717, 1.165) is 11.1 Å². The van der Waals surface area contributed by atoms with Gasteiger partial charge >= 0.3 is 5.97 Å². The van der Waals surface area contributed by atoms with Crippen molar-refractivity contribution in [1.29, 1.82) is 0 Å². The molecule has 0 fully saturated rings. The van der Waals surface area contributed by atoms with Gasteiger partial charge in [-0.25, -0.2) is 4.79 Å². The van der Waals surface area contributed by atoms with Gasteiger partial charge in [-0.05, 0) is 42.8 Å². The molecule has 0 radical (unpaired) electrons. The summed E-state index contributed by atoms with van der Waals surface area (Å²) < 4.78 is 10.8. The van der Waals surface area contributed by atoms with E-state index in [0.29, 0.717) is 17.0 Å². The van der Waals surface area contributed by atoms with Crippen LogP contribution in [-0.4, -0.2) is 30.5 Å². The van der Waals surface area contributed by atoms with Gasteiger partial charge in [0.05, 0.1) is 0 Å². The summed E-state index contributed by atoms with van der Waals surface area (Å²) in [4.78, 5) is 35.5. The molecule has 3 N–H and O–H groups in total. The van der Waals surface area contributed by atoms with Crippen molar-refractivity contribution in [2.45, 2.75) is 13.0 Å². The van der Waals surface area contributed by atoms with Gasteiger partial charge < -0.3 is 20.5 Å². The van der Waals surface area contributed by atoms with Crippen LogP contribution in [0.4, 0.5) is 5.69 Å². The van der Waals surface area contributed by atoms with E-state index in [-0.39, 0.29) is 6.61 Å². The van der Waals surface area contributed by atoms with Gasteiger partial charge in [0.2, 0.25) is 5.91 Å². The van der Waals surface area contributed by atoms with Crippen molar-refractivity contribution in [3.05, 3.63) is 84.4 Å². The molecule has 31 heavy (non-hydrogen) atoms. The fourth-order valence-electron chi connectivity index (χ4n) is 2.83. The molecule has 2 amide bonds. The molecule has 1 atom stereocenters. The number of hydrogen-bond donors (Lipinski definition) is 2. The molecular formula is C24H22N2O5. The molecule has 0 unspecified atom stereocenters. The third-order valence-electron chi connectivity index (χ3n) is 4.43. The van der Waals surface area contributed by atoms with Gasteiger partial charge in [-0.3, -0.25) is 9.59 Å². The number of ether oxygens (including phenoxy) is 2. The van der Waals surface area contributed by atoms with Crippen LogP contribution < -0.4 is 15.8 Å². The fourth-order valence-corrected chi connectivity index (χ4v) is 2.83. The first-order valence-electron chi connectivity index (χ1n) is 9.61. The zero-order valence-electron chi connectivity index (χ0n) is 16.9. The van der Waals surface area contributed by atoms with Gasteiger partial charge in [0, 0.05) is 16.8 Å². The van der Waals surface area contributed by atoms with Crippen LogP contribution in [0, 0.1) is 0 Å². The first-order valence-corrected chi connectivity index (χ1v) is 9.61. The topological polar surface area (TPSA) is 108 Å². The van der Waals surface area contributed by atoms with Crippen LogP contribution in [0.15, 0.2) is 78.9 Å². The molecule has 3 aromatic rings. The number of nitrogens with two attached hydrogens (primary N) is 1. The highest BCUT2D eigenvalue weighted by Crippen LogP contribution is 2.29. The molecule has 0 aromatic heterocycles. The molecule has 7 heteroatoms. The lowest BCUT2D eigenvalue weighted by Crippen LogP contribution is -2.31. The summed E-state index contributed by atoms with van der Waals surface area (Å²) in [5.41, 5.74) is 7.77. The second-order valence-corrected chi connectivity index (χ2v) is 6.71. The molecule has 0 saturated carbocycles. The highest BCUT2D eigenvalue weighted by Gasteiger charge is 2.19. The average molecular weight is 418 g/mol. The molecule has 158 valence electrons. The lowest BCUT2D eigenvalue weighted by atomic mass is 10.1. The van der Waals surface area contributed by atoms with Crippen LogP contribution in [-0.2, 0) is 14.3 Å². The maximum absolute atomic E-state index is 12.3. The Labute approximate surface area is 179 Å². The fraction of sp³-hybridized carbons (Fsp3) is 0.125. The number of anilines is 1. The third kappa shape index (κ3) is 5.93. The number of benzene rings is 3. The van der Waals surface area contributed by atoms with E-state index < -0.39 is 23.9 Å². The zero-order valence-corrected chi connectivity index (χ0v) is 16.9. The summed E-state index contributed by atoms with van der Waals surface area (Å²) in [5, 5.41) is 2.61. The predicted molar refractivity (Wildman–Crippen MR) is 117 cm³/mol. The van der Waals surface area contributed by atoms with Crippen LogP contribution in [0.3, 0.4) is 0 Å². The van der Waals surface area contributed by atoms with E-state index in [1.165, 1.54) is 31.2 Å². The summed E-state index contributed by atoms with van der Waals surface area (Å²) in [6, 6.07) is 23.1. The van der Waals surface area contributed by atoms with Crippen molar-refractivity contribution >= 4 is 23.5 Å². The Kier molecular flexibility index (Phi) is 7.01. The number of hydrogen-bond acceptors (Lipinski definition) is 5. The van der Waals surface area contributed by atoms with Gasteiger partial charge in [-0.15, -0.1) is 0 Å². The quantitative estimate of drug-likeness (QED) is 0.545. The maximum atomic E-state index is 12.3. The van der Waals surface area contributed by atoms with Crippen LogP contribution in [0.2, 0.25) is 0 Å². The molecule has 0 saturated heterocycles. The largest absolute Gasteiger partial charge is 0.481 e. The van der Waals surface area contributed by atoms with E-state index in [1.54, 1.807) is 6.07 Å². The van der Waals surface area contributed by atoms with Crippen molar-refractivity contribution in [2.75, 3.05) is 11.9 Å². The average Bonchev–Trinajstić information content (AvgIpc) is 2.78. The van der Waals surface area contributed by atoms with E-state index in [2.05, 4.69) is 5.32 Å². The molecular weight excluding hydrogens is 396 g/mol. The smallest absolute Gasteiger partial charge is 0.344 e. The highest BCUT2D eigenvalue weighted by molar-refractivity contribution is 5.96. The number of primary amides is 1. The van der Waals surface area contributed by atoms with Gasteiger partial charge in [-0.2, -0.15) is 0 Å². The summed E-state index contributed by atoms with van der Waals surface area (Å²) in [6.45, 7) is 1.12. The molecule has 0 spiro atoms. The molecule has 0 aliphatic carbocycles. The Balaban J connectivity index is 1.54. The Hall–Kier alpha value is -4.13. The second-order valence-electron chi connectivity index (χ2n) is 6.71. The summed E-state index contributed by atoms with van der Waals surface area (Å²) in [5.74, 6) is -1.20. The third-order valence-corrected chi connectivity index (χ3v) is 4.43. The zero-order chi connectivity index (χ0) is 22.2. The van der Waals surface area contributed by atoms with Crippen LogP contribution in [0.25, 0.3) is 11.1 Å². The number of esters is 1. The van der Waals surface area contributed by atoms with Crippen LogP contribution in [0.5, 0.6) is 5.75 Å². The number of nitrogens with one attached hydrogen (secondary N) is 1. The maximum Gasteiger partial charge on any atom is 0.344 e. The van der Waals surface area contributed by atoms with Gasteiger partial charge in [-0.1, -0.05) is 48.5 Å². The number of amides is 2. The summed E-state index contributed by atoms with van der Waals surface area (Å²) in [6.07, 6.45) is -1.03. The Morgan fingerprint density at radius 1 is 0.903 bits per heavy atom. The number of rotatable bonds is 8. The second kappa shape index (κ2) is 10.1. The van der Waals surface area contributed by atoms with Gasteiger partial charge in [0.1, 0.15) is 5.75 Å². The summed E-state index contributed by atoms with van der Waals surface area (Å²) in [7, 11) is 0. The molecule has 3 aromatic carbocycles. The Bertz CT molecular complexity index is 1060. The van der Waals surface area contributed by atoms with E-state index in [9.17, 15) is 14.4 Å². The number of para-hydroxylation sites is 1. The molecule has 0 aliphatic heterocycles. The first kappa shape index (κ1) is 21.6. The van der Waals surface area contributed by atoms with Crippen molar-refractivity contribution in [3.63, 3.8) is 0 Å². The predicted octanol–water partition coefficient (Wildman–Crippen LogP) is 3.40. The standard InChI is InChI=1S/C24H22N2O5/c1-16(24(29)26-19-13-11-18(12-14-19)23(25)28)31-22(27)15-30-21-10-6-5-9-20(21)17-7-3-2-4-8-17/h2-14,16H,15H2,1H3,(H2,25,28)(H,26,29)/t16-/m1/s1. The minimum Gasteiger partial charge on any atom is -0.481 e. The van der Waals surface area contributed by atoms with Crippen molar-refractivity contribution in [1.82, 2.24) is 0 Å². The molecule has 3 rings (SSSR count). The Morgan fingerprint density at radius 2 is 1.55 bits per heavy atom. The first-order chi connectivity index (χ1) is 14.9. The van der Waals surface area contributed by atoms with E-state index >= 15 is 0 Å². The van der Waals surface area contributed by atoms with Gasteiger partial charge in [0.15, 0.2) is 12.7 Å². The van der Waals surface area contributed by atoms with E-state index in [1.807, 2.05) is 48.5 Å². The van der Waals surface area contributed by atoms with Crippen LogP contribution >= 0.6 is 0 Å². The monoisotopic (exact) mass is 418 g/mol. The SMILES string of the molecule is C[C@@H](OC(=O)COc1ccccc1-c1ccccc1)C(=O)Nc1ccc(C(N)=O)cc1. The lowest BCUT2D eigenvalue weighted by molar-refractivity contribution is -0.155. The molecule has 7 nitrogen and oxygen atoms in total.